The van der Waals surface area contributed by atoms with Crippen molar-refractivity contribution in [3.05, 3.63) is 35.1 Å². The van der Waals surface area contributed by atoms with Crippen molar-refractivity contribution >= 4 is 22.8 Å². The molecule has 0 radical (unpaired) electrons. The maximum Gasteiger partial charge on any atom is 0.307 e. The van der Waals surface area contributed by atoms with Crippen LogP contribution in [0.3, 0.4) is 0 Å². The number of benzene rings is 1. The van der Waals surface area contributed by atoms with Gasteiger partial charge in [-0.3, -0.25) is 9.79 Å². The van der Waals surface area contributed by atoms with Crippen LogP contribution in [-0.4, -0.2) is 29.9 Å². The van der Waals surface area contributed by atoms with Crippen LogP contribution in [0.25, 0.3) is 0 Å². The topological polar surface area (TPSA) is 38.7 Å². The summed E-state index contributed by atoms with van der Waals surface area (Å²) in [4.78, 5) is 15.6. The van der Waals surface area contributed by atoms with Gasteiger partial charge in [0, 0.05) is 11.3 Å². The van der Waals surface area contributed by atoms with Gasteiger partial charge in [0.05, 0.1) is 24.6 Å². The van der Waals surface area contributed by atoms with Crippen LogP contribution in [0, 0.1) is 12.7 Å². The third-order valence-corrected chi connectivity index (χ3v) is 3.91. The molecule has 1 unspecified atom stereocenters. The second-order valence-corrected chi connectivity index (χ2v) is 5.15. The Balaban J connectivity index is 2.12. The van der Waals surface area contributed by atoms with Crippen LogP contribution < -0.4 is 0 Å². The number of halogens is 1. The zero-order valence-electron chi connectivity index (χ0n) is 10.3. The number of ether oxygens (including phenoxy) is 1. The highest BCUT2D eigenvalue weighted by molar-refractivity contribution is 8.14. The van der Waals surface area contributed by atoms with Gasteiger partial charge in [-0.05, 0) is 30.7 Å². The number of methoxy groups -OCH3 is 1. The number of nitrogens with zero attached hydrogens (tertiary/aromatic N) is 1. The van der Waals surface area contributed by atoms with E-state index in [0.717, 1.165) is 16.4 Å². The lowest BCUT2D eigenvalue weighted by molar-refractivity contribution is -0.140. The smallest absolute Gasteiger partial charge is 0.307 e. The fourth-order valence-corrected chi connectivity index (χ4v) is 2.79. The van der Waals surface area contributed by atoms with Crippen LogP contribution in [0.1, 0.15) is 17.5 Å². The maximum atomic E-state index is 13.2. The number of rotatable bonds is 3. The second-order valence-electron chi connectivity index (χ2n) is 4.14. The molecule has 96 valence electrons. The molecular weight excluding hydrogens is 253 g/mol. The van der Waals surface area contributed by atoms with Gasteiger partial charge in [-0.15, -0.1) is 11.8 Å². The molecule has 0 amide bonds. The molecule has 0 saturated heterocycles. The number of esters is 1. The normalized spacial score (nSPS) is 18.6. The average molecular weight is 267 g/mol. The van der Waals surface area contributed by atoms with E-state index in [1.807, 2.05) is 0 Å². The molecule has 5 heteroatoms. The Morgan fingerprint density at radius 2 is 2.39 bits per heavy atom. The molecule has 1 atom stereocenters. The summed E-state index contributed by atoms with van der Waals surface area (Å²) in [6.45, 7) is 1.73. The van der Waals surface area contributed by atoms with Crippen molar-refractivity contribution in [2.75, 3.05) is 12.9 Å². The standard InChI is InChI=1S/C13H14FNO2S/c1-8-5-9(3-4-11(8)14)13-15-10(7-18-13)6-12(16)17-2/h3-5,10H,6-7H2,1-2H3. The van der Waals surface area contributed by atoms with Crippen molar-refractivity contribution < 1.29 is 13.9 Å². The predicted octanol–water partition coefficient (Wildman–Crippen LogP) is 2.56. The second kappa shape index (κ2) is 5.52. The SMILES string of the molecule is COC(=O)CC1CSC(c2ccc(F)c(C)c2)=N1. The van der Waals surface area contributed by atoms with Crippen LogP contribution in [0.5, 0.6) is 0 Å². The highest BCUT2D eigenvalue weighted by atomic mass is 32.2. The molecule has 0 bridgehead atoms. The van der Waals surface area contributed by atoms with E-state index in [9.17, 15) is 9.18 Å². The van der Waals surface area contributed by atoms with E-state index in [4.69, 9.17) is 0 Å². The van der Waals surface area contributed by atoms with Gasteiger partial charge >= 0.3 is 5.97 Å². The van der Waals surface area contributed by atoms with Crippen LogP contribution >= 0.6 is 11.8 Å². The van der Waals surface area contributed by atoms with E-state index >= 15 is 0 Å². The zero-order chi connectivity index (χ0) is 13.1. The fraction of sp³-hybridized carbons (Fsp3) is 0.385. The van der Waals surface area contributed by atoms with E-state index in [1.54, 1.807) is 30.8 Å². The number of carbonyl (C=O) groups is 1. The van der Waals surface area contributed by atoms with Gasteiger partial charge in [-0.25, -0.2) is 4.39 Å². The first-order valence-corrected chi connectivity index (χ1v) is 6.62. The number of hydrogen-bond donors (Lipinski definition) is 0. The van der Waals surface area contributed by atoms with E-state index in [2.05, 4.69) is 9.73 Å². The molecule has 1 aliphatic rings. The summed E-state index contributed by atoms with van der Waals surface area (Å²) in [6, 6.07) is 4.90. The first-order valence-electron chi connectivity index (χ1n) is 5.64. The molecular formula is C13H14FNO2S. The van der Waals surface area contributed by atoms with Crippen molar-refractivity contribution in [3.8, 4) is 0 Å². The molecule has 1 heterocycles. The lowest BCUT2D eigenvalue weighted by atomic mass is 10.1. The lowest BCUT2D eigenvalue weighted by Crippen LogP contribution is -2.12. The van der Waals surface area contributed by atoms with Crippen LogP contribution in [-0.2, 0) is 9.53 Å². The summed E-state index contributed by atoms with van der Waals surface area (Å²) in [5.41, 5.74) is 1.51. The van der Waals surface area contributed by atoms with Gasteiger partial charge in [-0.1, -0.05) is 0 Å². The Kier molecular flexibility index (Phi) is 4.01. The van der Waals surface area contributed by atoms with Gasteiger partial charge in [0.15, 0.2) is 0 Å². The van der Waals surface area contributed by atoms with Crippen molar-refractivity contribution in [1.29, 1.82) is 0 Å². The molecule has 1 aliphatic heterocycles. The summed E-state index contributed by atoms with van der Waals surface area (Å²) >= 11 is 1.59. The monoisotopic (exact) mass is 267 g/mol. The number of aryl methyl sites for hydroxylation is 1. The number of carbonyl (C=O) groups excluding carboxylic acids is 1. The third-order valence-electron chi connectivity index (χ3n) is 2.75. The number of hydrogen-bond acceptors (Lipinski definition) is 4. The molecule has 0 aliphatic carbocycles. The Labute approximate surface area is 109 Å². The van der Waals surface area contributed by atoms with E-state index in [0.29, 0.717) is 12.0 Å². The molecule has 0 aromatic heterocycles. The number of aliphatic imine (C=N–C) groups is 1. The molecule has 1 aromatic rings. The third kappa shape index (κ3) is 2.90. The average Bonchev–Trinajstić information content (AvgIpc) is 2.81. The van der Waals surface area contributed by atoms with Crippen LogP contribution in [0.4, 0.5) is 4.39 Å². The first-order chi connectivity index (χ1) is 8.60. The quantitative estimate of drug-likeness (QED) is 0.790. The van der Waals surface area contributed by atoms with E-state index in [-0.39, 0.29) is 17.8 Å². The minimum absolute atomic E-state index is 0.0391. The summed E-state index contributed by atoms with van der Waals surface area (Å²) in [5, 5.41) is 0.868. The van der Waals surface area contributed by atoms with Crippen LogP contribution in [0.15, 0.2) is 23.2 Å². The van der Waals surface area contributed by atoms with Gasteiger partial charge in [-0.2, -0.15) is 0 Å². The van der Waals surface area contributed by atoms with Gasteiger partial charge in [0.25, 0.3) is 0 Å². The molecule has 0 fully saturated rings. The highest BCUT2D eigenvalue weighted by Crippen LogP contribution is 2.26. The van der Waals surface area contributed by atoms with E-state index < -0.39 is 0 Å². The van der Waals surface area contributed by atoms with Crippen LogP contribution in [0.2, 0.25) is 0 Å². The molecule has 0 spiro atoms. The largest absolute Gasteiger partial charge is 0.469 e. The first kappa shape index (κ1) is 13.1. The molecule has 18 heavy (non-hydrogen) atoms. The summed E-state index contributed by atoms with van der Waals surface area (Å²) < 4.78 is 17.8. The summed E-state index contributed by atoms with van der Waals surface area (Å²) in [5.74, 6) is 0.301. The predicted molar refractivity (Wildman–Crippen MR) is 70.6 cm³/mol. The van der Waals surface area contributed by atoms with Gasteiger partial charge in [0.2, 0.25) is 0 Å². The number of thioether (sulfide) groups is 1. The van der Waals surface area contributed by atoms with Crippen molar-refractivity contribution in [1.82, 2.24) is 0 Å². The Hall–Kier alpha value is -1.36. The maximum absolute atomic E-state index is 13.2. The minimum atomic E-state index is -0.249. The molecule has 0 N–H and O–H groups in total. The van der Waals surface area contributed by atoms with E-state index in [1.165, 1.54) is 13.2 Å². The van der Waals surface area contributed by atoms with Crippen molar-refractivity contribution in [2.45, 2.75) is 19.4 Å². The molecule has 0 saturated carbocycles. The Morgan fingerprint density at radius 3 is 3.06 bits per heavy atom. The van der Waals surface area contributed by atoms with Gasteiger partial charge < -0.3 is 4.74 Å². The summed E-state index contributed by atoms with van der Waals surface area (Å²) in [7, 11) is 1.37. The zero-order valence-corrected chi connectivity index (χ0v) is 11.1. The molecule has 1 aromatic carbocycles. The minimum Gasteiger partial charge on any atom is -0.469 e. The lowest BCUT2D eigenvalue weighted by Gasteiger charge is -2.03. The molecule has 3 nitrogen and oxygen atoms in total. The Bertz CT molecular complexity index is 502. The Morgan fingerprint density at radius 1 is 1.61 bits per heavy atom. The van der Waals surface area contributed by atoms with Gasteiger partial charge in [0.1, 0.15) is 5.82 Å². The van der Waals surface area contributed by atoms with Crippen molar-refractivity contribution in [2.24, 2.45) is 4.99 Å². The highest BCUT2D eigenvalue weighted by Gasteiger charge is 2.22. The fourth-order valence-electron chi connectivity index (χ4n) is 1.73. The molecule has 2 rings (SSSR count). The van der Waals surface area contributed by atoms with Crippen molar-refractivity contribution in [3.63, 3.8) is 0 Å². The summed E-state index contributed by atoms with van der Waals surface area (Å²) in [6.07, 6.45) is 0.299.